The lowest BCUT2D eigenvalue weighted by molar-refractivity contribution is -0.146. The smallest absolute Gasteiger partial charge is 0.308 e. The Bertz CT molecular complexity index is 543. The Morgan fingerprint density at radius 3 is 2.64 bits per heavy atom. The Hall–Kier alpha value is -1.91. The van der Waals surface area contributed by atoms with Crippen LogP contribution in [0, 0.1) is 11.7 Å². The maximum absolute atomic E-state index is 12.8. The molecule has 0 spiro atoms. The summed E-state index contributed by atoms with van der Waals surface area (Å²) < 4.78 is 12.8. The molecule has 1 aliphatic rings. The van der Waals surface area contributed by atoms with Gasteiger partial charge in [0.25, 0.3) is 0 Å². The number of nitrogens with one attached hydrogen (secondary N) is 1. The van der Waals surface area contributed by atoms with Crippen molar-refractivity contribution in [1.29, 1.82) is 0 Å². The molecule has 2 rings (SSSR count). The van der Waals surface area contributed by atoms with Crippen molar-refractivity contribution in [1.82, 2.24) is 5.32 Å². The molecule has 0 heterocycles. The number of carboxylic acid groups (broad SMARTS) is 1. The van der Waals surface area contributed by atoms with Crippen LogP contribution in [0.15, 0.2) is 24.3 Å². The van der Waals surface area contributed by atoms with Crippen LogP contribution in [0.3, 0.4) is 0 Å². The van der Waals surface area contributed by atoms with Crippen molar-refractivity contribution < 1.29 is 19.1 Å². The molecule has 0 aliphatic heterocycles. The van der Waals surface area contributed by atoms with Crippen molar-refractivity contribution in [2.75, 3.05) is 0 Å². The first kappa shape index (κ1) is 16.5. The van der Waals surface area contributed by atoms with Gasteiger partial charge in [-0.2, -0.15) is 0 Å². The fraction of sp³-hybridized carbons (Fsp3) is 0.529. The van der Waals surface area contributed by atoms with Gasteiger partial charge in [0.05, 0.1) is 11.5 Å². The molecule has 5 heteroatoms. The Morgan fingerprint density at radius 1 is 1.32 bits per heavy atom. The van der Waals surface area contributed by atoms with E-state index in [-0.39, 0.29) is 18.1 Å². The first-order valence-corrected chi connectivity index (χ1v) is 7.69. The third kappa shape index (κ3) is 4.06. The minimum absolute atomic E-state index is 0.153. The molecule has 22 heavy (non-hydrogen) atoms. The van der Waals surface area contributed by atoms with Gasteiger partial charge in [0.15, 0.2) is 0 Å². The summed E-state index contributed by atoms with van der Waals surface area (Å²) in [5.41, 5.74) is 0.212. The van der Waals surface area contributed by atoms with E-state index in [1.54, 1.807) is 12.1 Å². The van der Waals surface area contributed by atoms with Crippen LogP contribution in [0.5, 0.6) is 0 Å². The second kappa shape index (κ2) is 6.90. The van der Waals surface area contributed by atoms with Gasteiger partial charge in [0.2, 0.25) is 5.91 Å². The SMILES string of the molecule is CC1(NC(=O)CCc2ccc(F)cc2)CCCCC1C(=O)O. The molecule has 0 radical (unpaired) electrons. The molecule has 0 bridgehead atoms. The minimum Gasteiger partial charge on any atom is -0.481 e. The number of benzene rings is 1. The summed E-state index contributed by atoms with van der Waals surface area (Å²) in [4.78, 5) is 23.5. The molecular weight excluding hydrogens is 285 g/mol. The third-order valence-electron chi connectivity index (χ3n) is 4.49. The number of carbonyl (C=O) groups is 2. The summed E-state index contributed by atoms with van der Waals surface area (Å²) in [6.45, 7) is 1.82. The first-order valence-electron chi connectivity index (χ1n) is 7.69. The van der Waals surface area contributed by atoms with Crippen LogP contribution in [0.4, 0.5) is 4.39 Å². The predicted molar refractivity (Wildman–Crippen MR) is 80.9 cm³/mol. The average Bonchev–Trinajstić information content (AvgIpc) is 2.46. The van der Waals surface area contributed by atoms with Crippen LogP contribution in [0.2, 0.25) is 0 Å². The highest BCUT2D eigenvalue weighted by Crippen LogP contribution is 2.33. The molecule has 1 aromatic carbocycles. The van der Waals surface area contributed by atoms with E-state index in [1.807, 2.05) is 6.92 Å². The van der Waals surface area contributed by atoms with E-state index in [2.05, 4.69) is 5.32 Å². The van der Waals surface area contributed by atoms with Crippen molar-refractivity contribution in [3.63, 3.8) is 0 Å². The second-order valence-electron chi connectivity index (χ2n) is 6.23. The summed E-state index contributed by atoms with van der Waals surface area (Å²) in [6, 6.07) is 6.06. The number of hydrogen-bond donors (Lipinski definition) is 2. The van der Waals surface area contributed by atoms with E-state index in [1.165, 1.54) is 12.1 Å². The lowest BCUT2D eigenvalue weighted by atomic mass is 9.74. The van der Waals surface area contributed by atoms with Crippen LogP contribution in [-0.4, -0.2) is 22.5 Å². The lowest BCUT2D eigenvalue weighted by Gasteiger charge is -2.39. The number of rotatable bonds is 5. The summed E-state index contributed by atoms with van der Waals surface area (Å²) >= 11 is 0. The van der Waals surface area contributed by atoms with Gasteiger partial charge in [-0.3, -0.25) is 9.59 Å². The third-order valence-corrected chi connectivity index (χ3v) is 4.49. The Kier molecular flexibility index (Phi) is 5.16. The molecule has 0 saturated heterocycles. The molecule has 1 aliphatic carbocycles. The van der Waals surface area contributed by atoms with Crippen LogP contribution >= 0.6 is 0 Å². The molecule has 1 saturated carbocycles. The number of carbonyl (C=O) groups excluding carboxylic acids is 1. The molecule has 1 amide bonds. The van der Waals surface area contributed by atoms with Gasteiger partial charge in [-0.1, -0.05) is 25.0 Å². The Balaban J connectivity index is 1.92. The van der Waals surface area contributed by atoms with Crippen LogP contribution in [0.25, 0.3) is 0 Å². The summed E-state index contributed by atoms with van der Waals surface area (Å²) in [5.74, 6) is -1.83. The molecule has 120 valence electrons. The normalized spacial score (nSPS) is 24.7. The predicted octanol–water partition coefficient (Wildman–Crippen LogP) is 2.91. The molecular formula is C17H22FNO3. The summed E-state index contributed by atoms with van der Waals surface area (Å²) in [7, 11) is 0. The quantitative estimate of drug-likeness (QED) is 0.879. The molecule has 4 nitrogen and oxygen atoms in total. The van der Waals surface area contributed by atoms with Crippen molar-refractivity contribution in [2.45, 2.75) is 51.0 Å². The lowest BCUT2D eigenvalue weighted by Crippen LogP contribution is -2.55. The molecule has 2 atom stereocenters. The molecule has 1 fully saturated rings. The maximum atomic E-state index is 12.8. The largest absolute Gasteiger partial charge is 0.481 e. The van der Waals surface area contributed by atoms with Crippen molar-refractivity contribution in [3.05, 3.63) is 35.6 Å². The minimum atomic E-state index is -0.846. The van der Waals surface area contributed by atoms with E-state index in [0.717, 1.165) is 18.4 Å². The Labute approximate surface area is 129 Å². The highest BCUT2D eigenvalue weighted by molar-refractivity contribution is 5.79. The fourth-order valence-electron chi connectivity index (χ4n) is 3.17. The van der Waals surface area contributed by atoms with Gasteiger partial charge >= 0.3 is 5.97 Å². The van der Waals surface area contributed by atoms with Gasteiger partial charge in [-0.25, -0.2) is 4.39 Å². The number of hydrogen-bond acceptors (Lipinski definition) is 2. The molecule has 2 unspecified atom stereocenters. The van der Waals surface area contributed by atoms with E-state index in [0.29, 0.717) is 19.3 Å². The number of carboxylic acids is 1. The zero-order chi connectivity index (χ0) is 16.2. The zero-order valence-corrected chi connectivity index (χ0v) is 12.8. The van der Waals surface area contributed by atoms with Gasteiger partial charge < -0.3 is 10.4 Å². The van der Waals surface area contributed by atoms with Crippen molar-refractivity contribution >= 4 is 11.9 Å². The Morgan fingerprint density at radius 2 is 2.00 bits per heavy atom. The van der Waals surface area contributed by atoms with Gasteiger partial charge in [0, 0.05) is 6.42 Å². The second-order valence-corrected chi connectivity index (χ2v) is 6.23. The highest BCUT2D eigenvalue weighted by Gasteiger charge is 2.41. The standard InChI is InChI=1S/C17H22FNO3/c1-17(11-3-2-4-14(17)16(21)22)19-15(20)10-7-12-5-8-13(18)9-6-12/h5-6,8-9,14H,2-4,7,10-11H2,1H3,(H,19,20)(H,21,22). The van der Waals surface area contributed by atoms with Gasteiger partial charge in [-0.05, 0) is 43.9 Å². The van der Waals surface area contributed by atoms with Crippen LogP contribution < -0.4 is 5.32 Å². The monoisotopic (exact) mass is 307 g/mol. The van der Waals surface area contributed by atoms with Crippen molar-refractivity contribution in [3.8, 4) is 0 Å². The van der Waals surface area contributed by atoms with Crippen LogP contribution in [-0.2, 0) is 16.0 Å². The van der Waals surface area contributed by atoms with E-state index >= 15 is 0 Å². The fourth-order valence-corrected chi connectivity index (χ4v) is 3.17. The van der Waals surface area contributed by atoms with E-state index in [4.69, 9.17) is 0 Å². The number of halogens is 1. The van der Waals surface area contributed by atoms with E-state index < -0.39 is 17.4 Å². The molecule has 0 aromatic heterocycles. The van der Waals surface area contributed by atoms with Gasteiger partial charge in [0.1, 0.15) is 5.82 Å². The number of aryl methyl sites for hydroxylation is 1. The van der Waals surface area contributed by atoms with E-state index in [9.17, 15) is 19.1 Å². The average molecular weight is 307 g/mol. The first-order chi connectivity index (χ1) is 10.4. The topological polar surface area (TPSA) is 66.4 Å². The van der Waals surface area contributed by atoms with Crippen molar-refractivity contribution in [2.24, 2.45) is 5.92 Å². The molecule has 2 N–H and O–H groups in total. The number of amides is 1. The summed E-state index contributed by atoms with van der Waals surface area (Å²) in [6.07, 6.45) is 3.89. The van der Waals surface area contributed by atoms with Gasteiger partial charge in [-0.15, -0.1) is 0 Å². The van der Waals surface area contributed by atoms with Crippen LogP contribution in [0.1, 0.15) is 44.6 Å². The number of aliphatic carboxylic acids is 1. The maximum Gasteiger partial charge on any atom is 0.308 e. The summed E-state index contributed by atoms with van der Waals surface area (Å²) in [5, 5.41) is 12.2. The highest BCUT2D eigenvalue weighted by atomic mass is 19.1. The molecule has 1 aromatic rings. The zero-order valence-electron chi connectivity index (χ0n) is 12.8.